The number of ether oxygens (including phenoxy) is 2. The van der Waals surface area contributed by atoms with E-state index in [0.29, 0.717) is 52.5 Å². The van der Waals surface area contributed by atoms with E-state index >= 15 is 0 Å². The normalized spacial score (nSPS) is 21.9. The first kappa shape index (κ1) is 21.2. The van der Waals surface area contributed by atoms with Gasteiger partial charge in [-0.15, -0.1) is 0 Å². The Balaban J connectivity index is 1.45. The lowest BCUT2D eigenvalue weighted by Crippen LogP contribution is -2.32. The summed E-state index contributed by atoms with van der Waals surface area (Å²) in [5.41, 5.74) is 3.91. The summed E-state index contributed by atoms with van der Waals surface area (Å²) >= 11 is 0. The molecule has 6 heteroatoms. The third-order valence-corrected chi connectivity index (χ3v) is 7.65. The molecule has 1 aliphatic carbocycles. The van der Waals surface area contributed by atoms with Crippen LogP contribution in [-0.4, -0.2) is 35.9 Å². The van der Waals surface area contributed by atoms with Crippen molar-refractivity contribution in [1.29, 1.82) is 0 Å². The number of para-hydroxylation sites is 1. The average molecular weight is 458 g/mol. The number of aromatic nitrogens is 1. The van der Waals surface area contributed by atoms with Gasteiger partial charge in [-0.2, -0.15) is 0 Å². The molecule has 34 heavy (non-hydrogen) atoms. The molecule has 1 N–H and O–H groups in total. The van der Waals surface area contributed by atoms with Gasteiger partial charge in [-0.1, -0.05) is 24.3 Å². The lowest BCUT2D eigenvalue weighted by Gasteiger charge is -2.30. The quantitative estimate of drug-likeness (QED) is 0.395. The average Bonchev–Trinajstić information content (AvgIpc) is 3.28. The zero-order valence-electron chi connectivity index (χ0n) is 19.3. The summed E-state index contributed by atoms with van der Waals surface area (Å²) in [6, 6.07) is 13.2. The zero-order valence-corrected chi connectivity index (χ0v) is 19.3. The highest BCUT2D eigenvalue weighted by molar-refractivity contribution is 6.07. The summed E-state index contributed by atoms with van der Waals surface area (Å²) in [4.78, 5) is 17.3. The first-order valence-corrected chi connectivity index (χ1v) is 11.9. The van der Waals surface area contributed by atoms with Crippen LogP contribution in [-0.2, 0) is 4.74 Å². The number of carboxylic acid groups (broad SMARTS) is 1. The van der Waals surface area contributed by atoms with Gasteiger partial charge in [-0.05, 0) is 62.3 Å². The number of aromatic carboxylic acids is 1. The van der Waals surface area contributed by atoms with Gasteiger partial charge in [0.15, 0.2) is 5.76 Å². The number of nitrogens with zero attached hydrogens (tertiary/aromatic N) is 1. The minimum absolute atomic E-state index is 0.175. The molecule has 0 spiro atoms. The van der Waals surface area contributed by atoms with Crippen molar-refractivity contribution in [2.45, 2.75) is 26.7 Å². The second kappa shape index (κ2) is 8.13. The monoisotopic (exact) mass is 457 g/mol. The van der Waals surface area contributed by atoms with Gasteiger partial charge in [-0.3, -0.25) is 0 Å². The van der Waals surface area contributed by atoms with Crippen molar-refractivity contribution < 1.29 is 23.8 Å². The van der Waals surface area contributed by atoms with Crippen LogP contribution >= 0.6 is 0 Å². The molecule has 0 amide bonds. The molecule has 1 saturated heterocycles. The Labute approximate surface area is 197 Å². The molecule has 6 rings (SSSR count). The van der Waals surface area contributed by atoms with E-state index in [2.05, 4.69) is 0 Å². The first-order valence-electron chi connectivity index (χ1n) is 11.9. The fourth-order valence-corrected chi connectivity index (χ4v) is 5.75. The number of hydrogen-bond donors (Lipinski definition) is 1. The largest absolute Gasteiger partial charge is 0.493 e. The maximum Gasteiger partial charge on any atom is 0.336 e. The highest BCUT2D eigenvalue weighted by atomic mass is 16.5. The van der Waals surface area contributed by atoms with Crippen LogP contribution in [0.25, 0.3) is 33.3 Å². The number of benzene rings is 2. The van der Waals surface area contributed by atoms with E-state index in [1.54, 1.807) is 6.07 Å². The van der Waals surface area contributed by atoms with Crippen molar-refractivity contribution in [2.24, 2.45) is 17.8 Å². The van der Waals surface area contributed by atoms with Crippen LogP contribution in [0.4, 0.5) is 0 Å². The smallest absolute Gasteiger partial charge is 0.336 e. The Morgan fingerprint density at radius 3 is 2.62 bits per heavy atom. The molecule has 3 atom stereocenters. The van der Waals surface area contributed by atoms with Gasteiger partial charge in [0.1, 0.15) is 17.0 Å². The van der Waals surface area contributed by atoms with Gasteiger partial charge in [0, 0.05) is 30.1 Å². The molecule has 2 aliphatic rings. The molecule has 3 heterocycles. The van der Waals surface area contributed by atoms with E-state index in [4.69, 9.17) is 18.9 Å². The minimum atomic E-state index is -1.01. The van der Waals surface area contributed by atoms with Crippen molar-refractivity contribution in [3.63, 3.8) is 0 Å². The number of carboxylic acids is 1. The van der Waals surface area contributed by atoms with Gasteiger partial charge in [-0.25, -0.2) is 9.78 Å². The molecule has 4 aromatic rings. The Morgan fingerprint density at radius 1 is 1.12 bits per heavy atom. The molecule has 6 nitrogen and oxygen atoms in total. The maximum atomic E-state index is 12.4. The van der Waals surface area contributed by atoms with Crippen molar-refractivity contribution >= 4 is 27.8 Å². The van der Waals surface area contributed by atoms with E-state index in [0.717, 1.165) is 35.3 Å². The summed E-state index contributed by atoms with van der Waals surface area (Å²) < 4.78 is 18.1. The number of aryl methyl sites for hydroxylation is 2. The highest BCUT2D eigenvalue weighted by Crippen LogP contribution is 2.42. The highest BCUT2D eigenvalue weighted by Gasteiger charge is 2.40. The molecule has 0 radical (unpaired) electrons. The Morgan fingerprint density at radius 2 is 1.88 bits per heavy atom. The molecule has 2 bridgehead atoms. The van der Waals surface area contributed by atoms with E-state index in [1.807, 2.05) is 50.2 Å². The number of fused-ring (bicyclic) bond motifs is 4. The van der Waals surface area contributed by atoms with Gasteiger partial charge < -0.3 is 19.0 Å². The third kappa shape index (κ3) is 3.36. The Kier molecular flexibility index (Phi) is 5.06. The fourth-order valence-electron chi connectivity index (χ4n) is 5.75. The molecular formula is C28H27NO5. The Hall–Kier alpha value is -3.38. The Bertz CT molecular complexity index is 1410. The van der Waals surface area contributed by atoms with Gasteiger partial charge in [0.2, 0.25) is 0 Å². The number of carbonyl (C=O) groups is 1. The van der Waals surface area contributed by atoms with Crippen LogP contribution in [0.1, 0.15) is 34.3 Å². The summed E-state index contributed by atoms with van der Waals surface area (Å²) in [7, 11) is 0. The lowest BCUT2D eigenvalue weighted by molar-refractivity contribution is -0.00836. The molecule has 2 aromatic heterocycles. The molecule has 174 valence electrons. The summed E-state index contributed by atoms with van der Waals surface area (Å²) in [5, 5.41) is 11.7. The lowest BCUT2D eigenvalue weighted by atomic mass is 9.89. The zero-order chi connectivity index (χ0) is 23.4. The van der Waals surface area contributed by atoms with Gasteiger partial charge >= 0.3 is 5.97 Å². The molecular weight excluding hydrogens is 430 g/mol. The van der Waals surface area contributed by atoms with Crippen LogP contribution in [0.2, 0.25) is 0 Å². The van der Waals surface area contributed by atoms with Gasteiger partial charge in [0.05, 0.1) is 23.1 Å². The molecule has 2 aromatic carbocycles. The standard InChI is InChI=1S/C28H27NO5/c1-15-7-10-24(33-14-21-17-8-9-18(21)13-32-12-17)25-20(28(30)31)11-22(29-26(15)25)27-16(2)19-5-3-4-6-23(19)34-27/h3-7,10-11,17-18,21H,8-9,12-14H2,1-2H3,(H,30,31)/t17-,18+,21?. The summed E-state index contributed by atoms with van der Waals surface area (Å²) in [5.74, 6) is 1.65. The fraction of sp³-hybridized carbons (Fsp3) is 0.357. The SMILES string of the molecule is Cc1c(-c2cc(C(=O)O)c3c(OCC4[C@@H]5CC[C@H]4COC5)ccc(C)c3n2)oc2ccccc12. The second-order valence-corrected chi connectivity index (χ2v) is 9.63. The predicted octanol–water partition coefficient (Wildman–Crippen LogP) is 6.01. The topological polar surface area (TPSA) is 81.8 Å². The number of hydrogen-bond acceptors (Lipinski definition) is 5. The van der Waals surface area contributed by atoms with Crippen LogP contribution in [0, 0.1) is 31.6 Å². The summed E-state index contributed by atoms with van der Waals surface area (Å²) in [6.45, 7) is 6.07. The van der Waals surface area contributed by atoms with E-state index < -0.39 is 5.97 Å². The number of furan rings is 1. The first-order chi connectivity index (χ1) is 16.5. The van der Waals surface area contributed by atoms with E-state index in [1.165, 1.54) is 12.8 Å². The van der Waals surface area contributed by atoms with Crippen LogP contribution in [0.3, 0.4) is 0 Å². The van der Waals surface area contributed by atoms with Crippen molar-refractivity contribution in [1.82, 2.24) is 4.98 Å². The third-order valence-electron chi connectivity index (χ3n) is 7.65. The molecule has 2 fully saturated rings. The second-order valence-electron chi connectivity index (χ2n) is 9.63. The van der Waals surface area contributed by atoms with Gasteiger partial charge in [0.25, 0.3) is 0 Å². The van der Waals surface area contributed by atoms with Crippen LogP contribution < -0.4 is 4.74 Å². The molecule has 1 unspecified atom stereocenters. The molecule has 1 aliphatic heterocycles. The van der Waals surface area contributed by atoms with Crippen molar-refractivity contribution in [2.75, 3.05) is 19.8 Å². The van der Waals surface area contributed by atoms with Crippen molar-refractivity contribution in [3.05, 3.63) is 59.2 Å². The maximum absolute atomic E-state index is 12.4. The number of rotatable bonds is 5. The van der Waals surface area contributed by atoms with Crippen LogP contribution in [0.5, 0.6) is 5.75 Å². The van der Waals surface area contributed by atoms with E-state index in [9.17, 15) is 9.90 Å². The van der Waals surface area contributed by atoms with Crippen molar-refractivity contribution in [3.8, 4) is 17.2 Å². The number of pyridine rings is 1. The van der Waals surface area contributed by atoms with Crippen LogP contribution in [0.15, 0.2) is 46.9 Å². The predicted molar refractivity (Wildman–Crippen MR) is 129 cm³/mol. The summed E-state index contributed by atoms with van der Waals surface area (Å²) in [6.07, 6.45) is 2.35. The minimum Gasteiger partial charge on any atom is -0.493 e. The molecule has 1 saturated carbocycles. The van der Waals surface area contributed by atoms with E-state index in [-0.39, 0.29) is 5.56 Å².